The third kappa shape index (κ3) is 2.72. The predicted molar refractivity (Wildman–Crippen MR) is 71.7 cm³/mol. The van der Waals surface area contributed by atoms with Gasteiger partial charge in [0, 0.05) is 19.1 Å². The molecule has 1 saturated heterocycles. The number of benzene rings is 1. The molecule has 1 atom stereocenters. The maximum absolute atomic E-state index is 13.1. The van der Waals surface area contributed by atoms with E-state index in [9.17, 15) is 12.8 Å². The van der Waals surface area contributed by atoms with Gasteiger partial charge in [0.1, 0.15) is 5.82 Å². The highest BCUT2D eigenvalue weighted by Crippen LogP contribution is 2.24. The first-order valence-electron chi connectivity index (χ1n) is 6.04. The van der Waals surface area contributed by atoms with Crippen LogP contribution in [0.4, 0.5) is 10.1 Å². The summed E-state index contributed by atoms with van der Waals surface area (Å²) in [7, 11) is 0.270. The molecule has 0 bridgehead atoms. The molecule has 2 N–H and O–H groups in total. The summed E-state index contributed by atoms with van der Waals surface area (Å²) in [5.74, 6) is -0.605. The topological polar surface area (TPSA) is 66.6 Å². The molecule has 1 aliphatic heterocycles. The highest BCUT2D eigenvalue weighted by atomic mass is 32.2. The number of halogens is 1. The summed E-state index contributed by atoms with van der Waals surface area (Å²) in [5.41, 5.74) is 5.28. The summed E-state index contributed by atoms with van der Waals surface area (Å²) >= 11 is 0. The summed E-state index contributed by atoms with van der Waals surface area (Å²) in [6.07, 6.45) is 0.795. The number of nitrogen functional groups attached to an aromatic ring is 1. The van der Waals surface area contributed by atoms with E-state index >= 15 is 0 Å². The molecule has 1 aromatic carbocycles. The minimum atomic E-state index is -3.58. The lowest BCUT2D eigenvalue weighted by molar-refractivity contribution is 0.302. The highest BCUT2D eigenvalue weighted by Gasteiger charge is 2.33. The number of rotatable bonds is 3. The molecule has 5 nitrogen and oxygen atoms in total. The number of nitrogens with zero attached hydrogens (tertiary/aromatic N) is 2. The van der Waals surface area contributed by atoms with E-state index in [1.54, 1.807) is 0 Å². The average molecular weight is 287 g/mol. The van der Waals surface area contributed by atoms with Crippen LogP contribution in [-0.4, -0.2) is 50.8 Å². The van der Waals surface area contributed by atoms with Crippen LogP contribution < -0.4 is 5.73 Å². The molecule has 1 fully saturated rings. The average Bonchev–Trinajstić information content (AvgIpc) is 2.82. The maximum Gasteiger partial charge on any atom is 0.243 e. The van der Waals surface area contributed by atoms with Crippen molar-refractivity contribution in [1.82, 2.24) is 9.21 Å². The van der Waals surface area contributed by atoms with E-state index in [-0.39, 0.29) is 16.6 Å². The predicted octanol–water partition coefficient (Wildman–Crippen LogP) is 0.733. The third-order valence-electron chi connectivity index (χ3n) is 3.46. The first kappa shape index (κ1) is 14.2. The SMILES string of the molecule is CN(C)C1CCN(S(=O)(=O)c2ccc(F)c(N)c2)C1. The summed E-state index contributed by atoms with van der Waals surface area (Å²) in [6.45, 7) is 0.926. The van der Waals surface area contributed by atoms with Crippen molar-refractivity contribution in [2.24, 2.45) is 0 Å². The Morgan fingerprint density at radius 1 is 1.42 bits per heavy atom. The molecule has 19 heavy (non-hydrogen) atoms. The first-order valence-corrected chi connectivity index (χ1v) is 7.48. The molecule has 2 rings (SSSR count). The lowest BCUT2D eigenvalue weighted by atomic mass is 10.2. The van der Waals surface area contributed by atoms with Gasteiger partial charge in [-0.3, -0.25) is 0 Å². The third-order valence-corrected chi connectivity index (χ3v) is 5.32. The van der Waals surface area contributed by atoms with E-state index in [1.165, 1.54) is 16.4 Å². The van der Waals surface area contributed by atoms with E-state index < -0.39 is 15.8 Å². The Balaban J connectivity index is 2.26. The minimum Gasteiger partial charge on any atom is -0.396 e. The second-order valence-electron chi connectivity index (χ2n) is 4.95. The number of hydrogen-bond acceptors (Lipinski definition) is 4. The van der Waals surface area contributed by atoms with Crippen LogP contribution in [0.1, 0.15) is 6.42 Å². The van der Waals surface area contributed by atoms with Gasteiger partial charge in [0.05, 0.1) is 10.6 Å². The van der Waals surface area contributed by atoms with E-state index in [2.05, 4.69) is 0 Å². The van der Waals surface area contributed by atoms with Crippen LogP contribution in [0.2, 0.25) is 0 Å². The lowest BCUT2D eigenvalue weighted by Gasteiger charge is -2.20. The number of likely N-dealkylation sites (N-methyl/N-ethyl adjacent to an activating group) is 1. The molecule has 0 aliphatic carbocycles. The van der Waals surface area contributed by atoms with Crippen molar-refractivity contribution < 1.29 is 12.8 Å². The zero-order valence-corrected chi connectivity index (χ0v) is 11.8. The largest absolute Gasteiger partial charge is 0.396 e. The Labute approximate surface area is 112 Å². The molecule has 0 saturated carbocycles. The molecule has 106 valence electrons. The minimum absolute atomic E-state index is 0.0470. The molecule has 7 heteroatoms. The fraction of sp³-hybridized carbons (Fsp3) is 0.500. The summed E-state index contributed by atoms with van der Waals surface area (Å²) in [4.78, 5) is 2.06. The van der Waals surface area contributed by atoms with Crippen molar-refractivity contribution in [2.45, 2.75) is 17.4 Å². The van der Waals surface area contributed by atoms with Gasteiger partial charge in [-0.05, 0) is 38.7 Å². The van der Waals surface area contributed by atoms with Crippen LogP contribution in [0.25, 0.3) is 0 Å². The monoisotopic (exact) mass is 287 g/mol. The van der Waals surface area contributed by atoms with Gasteiger partial charge in [0.15, 0.2) is 0 Å². The zero-order chi connectivity index (χ0) is 14.2. The summed E-state index contributed by atoms with van der Waals surface area (Å²) in [5, 5.41) is 0. The van der Waals surface area contributed by atoms with Crippen molar-refractivity contribution in [3.8, 4) is 0 Å². The normalized spacial score (nSPS) is 21.2. The van der Waals surface area contributed by atoms with E-state index in [0.717, 1.165) is 12.5 Å². The van der Waals surface area contributed by atoms with Gasteiger partial charge in [0.25, 0.3) is 0 Å². The molecule has 1 heterocycles. The Kier molecular flexibility index (Phi) is 3.80. The van der Waals surface area contributed by atoms with Gasteiger partial charge in [-0.15, -0.1) is 0 Å². The molecule has 0 aromatic heterocycles. The molecule has 1 aliphatic rings. The lowest BCUT2D eigenvalue weighted by Crippen LogP contribution is -2.34. The zero-order valence-electron chi connectivity index (χ0n) is 11.0. The van der Waals surface area contributed by atoms with Crippen LogP contribution in [-0.2, 0) is 10.0 Å². The second-order valence-corrected chi connectivity index (χ2v) is 6.89. The van der Waals surface area contributed by atoms with E-state index in [1.807, 2.05) is 19.0 Å². The smallest absolute Gasteiger partial charge is 0.243 e. The van der Waals surface area contributed by atoms with E-state index in [0.29, 0.717) is 13.1 Å². The molecule has 1 unspecified atom stereocenters. The number of anilines is 1. The molecule has 0 amide bonds. The fourth-order valence-corrected chi connectivity index (χ4v) is 3.71. The van der Waals surface area contributed by atoms with Crippen molar-refractivity contribution in [3.63, 3.8) is 0 Å². The van der Waals surface area contributed by atoms with Crippen molar-refractivity contribution in [1.29, 1.82) is 0 Å². The Hall–Kier alpha value is -1.18. The second kappa shape index (κ2) is 5.07. The van der Waals surface area contributed by atoms with Crippen LogP contribution >= 0.6 is 0 Å². The van der Waals surface area contributed by atoms with Crippen molar-refractivity contribution >= 4 is 15.7 Å². The maximum atomic E-state index is 13.1. The Morgan fingerprint density at radius 3 is 2.63 bits per heavy atom. The van der Waals surface area contributed by atoms with Gasteiger partial charge in [-0.2, -0.15) is 4.31 Å². The van der Waals surface area contributed by atoms with Gasteiger partial charge in [-0.25, -0.2) is 12.8 Å². The summed E-state index contributed by atoms with van der Waals surface area (Å²) < 4.78 is 39.3. The molecule has 1 aromatic rings. The van der Waals surface area contributed by atoms with Crippen LogP contribution in [0.5, 0.6) is 0 Å². The quantitative estimate of drug-likeness (QED) is 0.832. The summed E-state index contributed by atoms with van der Waals surface area (Å²) in [6, 6.07) is 3.73. The number of sulfonamides is 1. The van der Waals surface area contributed by atoms with Gasteiger partial charge in [0.2, 0.25) is 10.0 Å². The van der Waals surface area contributed by atoms with Gasteiger partial charge in [-0.1, -0.05) is 0 Å². The fourth-order valence-electron chi connectivity index (χ4n) is 2.18. The van der Waals surface area contributed by atoms with Crippen LogP contribution in [0.15, 0.2) is 23.1 Å². The van der Waals surface area contributed by atoms with Crippen LogP contribution in [0, 0.1) is 5.82 Å². The molecule has 0 radical (unpaired) electrons. The van der Waals surface area contributed by atoms with Crippen LogP contribution in [0.3, 0.4) is 0 Å². The molecule has 0 spiro atoms. The molecular formula is C12H18FN3O2S. The van der Waals surface area contributed by atoms with Crippen molar-refractivity contribution in [2.75, 3.05) is 32.9 Å². The van der Waals surface area contributed by atoms with E-state index in [4.69, 9.17) is 5.73 Å². The Bertz CT molecular complexity index is 574. The Morgan fingerprint density at radius 2 is 2.11 bits per heavy atom. The molecular weight excluding hydrogens is 269 g/mol. The van der Waals surface area contributed by atoms with Crippen molar-refractivity contribution in [3.05, 3.63) is 24.0 Å². The van der Waals surface area contributed by atoms with Gasteiger partial charge < -0.3 is 10.6 Å². The number of nitrogens with two attached hydrogens (primary N) is 1. The van der Waals surface area contributed by atoms with Gasteiger partial charge >= 0.3 is 0 Å². The number of hydrogen-bond donors (Lipinski definition) is 1. The highest BCUT2D eigenvalue weighted by molar-refractivity contribution is 7.89. The standard InChI is InChI=1S/C12H18FN3O2S/c1-15(2)9-5-6-16(8-9)19(17,18)10-3-4-11(13)12(14)7-10/h3-4,7,9H,5-6,8,14H2,1-2H3. The first-order chi connectivity index (χ1) is 8.82.